The van der Waals surface area contributed by atoms with Crippen molar-refractivity contribution in [2.45, 2.75) is 25.3 Å². The number of hydrogen-bond acceptors (Lipinski definition) is 3. The second-order valence-corrected chi connectivity index (χ2v) is 5.05. The highest BCUT2D eigenvalue weighted by Gasteiger charge is 2.06. The molecule has 1 aromatic carbocycles. The third-order valence-electron chi connectivity index (χ3n) is 2.88. The summed E-state index contributed by atoms with van der Waals surface area (Å²) in [5.74, 6) is 0. The number of nitrogens with zero attached hydrogens (tertiary/aromatic N) is 2. The van der Waals surface area contributed by atoms with Gasteiger partial charge in [0.15, 0.2) is 0 Å². The molecule has 0 aliphatic carbocycles. The monoisotopic (exact) mass is 261 g/mol. The van der Waals surface area contributed by atoms with Crippen LogP contribution < -0.4 is 5.32 Å². The molecule has 1 N–H and O–H groups in total. The summed E-state index contributed by atoms with van der Waals surface area (Å²) < 4.78 is 1.96. The minimum atomic E-state index is 0.880. The van der Waals surface area contributed by atoms with Crippen molar-refractivity contribution in [1.29, 1.82) is 0 Å². The molecule has 0 aliphatic rings. The van der Waals surface area contributed by atoms with Gasteiger partial charge in [0.25, 0.3) is 0 Å². The topological polar surface area (TPSA) is 29.9 Å². The molecule has 0 atom stereocenters. The van der Waals surface area contributed by atoms with E-state index >= 15 is 0 Å². The van der Waals surface area contributed by atoms with E-state index in [1.807, 2.05) is 4.68 Å². The first-order chi connectivity index (χ1) is 8.74. The lowest BCUT2D eigenvalue weighted by Gasteiger charge is -2.03. The molecular weight excluding hydrogens is 242 g/mol. The van der Waals surface area contributed by atoms with Crippen molar-refractivity contribution in [3.05, 3.63) is 41.7 Å². The number of rotatable bonds is 5. The zero-order chi connectivity index (χ0) is 13.0. The number of aryl methyl sites for hydroxylation is 1. The molecule has 3 nitrogen and oxygen atoms in total. The van der Waals surface area contributed by atoms with Crippen LogP contribution in [0.2, 0.25) is 0 Å². The quantitative estimate of drug-likeness (QED) is 0.839. The summed E-state index contributed by atoms with van der Waals surface area (Å²) in [7, 11) is 0. The van der Waals surface area contributed by atoms with E-state index in [9.17, 15) is 0 Å². The first-order valence-corrected chi connectivity index (χ1v) is 7.37. The zero-order valence-corrected chi connectivity index (χ0v) is 11.9. The van der Waals surface area contributed by atoms with Gasteiger partial charge in [0, 0.05) is 23.2 Å². The summed E-state index contributed by atoms with van der Waals surface area (Å²) in [5, 5.41) is 7.91. The maximum absolute atomic E-state index is 4.58. The van der Waals surface area contributed by atoms with Crippen LogP contribution in [-0.2, 0) is 6.54 Å². The SMILES string of the molecule is CCNCc1cn(-c2cccc(SC)c2)nc1C. The second kappa shape index (κ2) is 6.07. The number of aromatic nitrogens is 2. The molecule has 0 unspecified atom stereocenters. The maximum Gasteiger partial charge on any atom is 0.0656 e. The minimum Gasteiger partial charge on any atom is -0.313 e. The third-order valence-corrected chi connectivity index (χ3v) is 3.61. The Bertz CT molecular complexity index is 520. The van der Waals surface area contributed by atoms with Gasteiger partial charge in [-0.15, -0.1) is 11.8 Å². The maximum atomic E-state index is 4.58. The average molecular weight is 261 g/mol. The predicted molar refractivity (Wildman–Crippen MR) is 77.5 cm³/mol. The number of hydrogen-bond donors (Lipinski definition) is 1. The van der Waals surface area contributed by atoms with Gasteiger partial charge in [0.05, 0.1) is 11.4 Å². The molecule has 0 saturated carbocycles. The first kappa shape index (κ1) is 13.2. The average Bonchev–Trinajstić information content (AvgIpc) is 2.78. The van der Waals surface area contributed by atoms with Crippen LogP contribution in [0.25, 0.3) is 5.69 Å². The van der Waals surface area contributed by atoms with Gasteiger partial charge in [-0.05, 0) is 37.9 Å². The molecule has 0 saturated heterocycles. The molecule has 0 amide bonds. The van der Waals surface area contributed by atoms with Crippen LogP contribution in [0.3, 0.4) is 0 Å². The number of thioether (sulfide) groups is 1. The predicted octanol–water partition coefficient (Wildman–Crippen LogP) is 3.01. The van der Waals surface area contributed by atoms with E-state index in [2.05, 4.69) is 61.0 Å². The molecule has 0 fully saturated rings. The smallest absolute Gasteiger partial charge is 0.0656 e. The highest BCUT2D eigenvalue weighted by atomic mass is 32.2. The van der Waals surface area contributed by atoms with Crippen LogP contribution in [0.15, 0.2) is 35.4 Å². The Morgan fingerprint density at radius 2 is 2.22 bits per heavy atom. The zero-order valence-electron chi connectivity index (χ0n) is 11.1. The van der Waals surface area contributed by atoms with E-state index in [-0.39, 0.29) is 0 Å². The molecule has 0 bridgehead atoms. The van der Waals surface area contributed by atoms with Crippen LogP contribution in [-0.4, -0.2) is 22.6 Å². The van der Waals surface area contributed by atoms with Gasteiger partial charge >= 0.3 is 0 Å². The van der Waals surface area contributed by atoms with E-state index < -0.39 is 0 Å². The lowest BCUT2D eigenvalue weighted by Crippen LogP contribution is -2.11. The van der Waals surface area contributed by atoms with Crippen molar-refractivity contribution in [3.8, 4) is 5.69 Å². The summed E-state index contributed by atoms with van der Waals surface area (Å²) >= 11 is 1.75. The highest BCUT2D eigenvalue weighted by Crippen LogP contribution is 2.19. The Morgan fingerprint density at radius 1 is 1.39 bits per heavy atom. The first-order valence-electron chi connectivity index (χ1n) is 6.15. The van der Waals surface area contributed by atoms with Crippen LogP contribution in [0.5, 0.6) is 0 Å². The van der Waals surface area contributed by atoms with Gasteiger partial charge in [-0.2, -0.15) is 5.10 Å². The minimum absolute atomic E-state index is 0.880. The van der Waals surface area contributed by atoms with E-state index in [0.717, 1.165) is 24.5 Å². The highest BCUT2D eigenvalue weighted by molar-refractivity contribution is 7.98. The summed E-state index contributed by atoms with van der Waals surface area (Å²) in [6, 6.07) is 8.43. The van der Waals surface area contributed by atoms with Crippen molar-refractivity contribution < 1.29 is 0 Å². The standard InChI is InChI=1S/C14H19N3S/c1-4-15-9-12-10-17(16-11(12)2)13-6-5-7-14(8-13)18-3/h5-8,10,15H,4,9H2,1-3H3. The van der Waals surface area contributed by atoms with Gasteiger partial charge < -0.3 is 5.32 Å². The van der Waals surface area contributed by atoms with Gasteiger partial charge in [0.1, 0.15) is 0 Å². The summed E-state index contributed by atoms with van der Waals surface area (Å²) in [5.41, 5.74) is 3.46. The van der Waals surface area contributed by atoms with Crippen LogP contribution in [0.1, 0.15) is 18.2 Å². The van der Waals surface area contributed by atoms with Crippen molar-refractivity contribution in [2.24, 2.45) is 0 Å². The molecule has 96 valence electrons. The largest absolute Gasteiger partial charge is 0.313 e. The lowest BCUT2D eigenvalue weighted by atomic mass is 10.2. The van der Waals surface area contributed by atoms with Gasteiger partial charge in [0.2, 0.25) is 0 Å². The fourth-order valence-corrected chi connectivity index (χ4v) is 2.27. The van der Waals surface area contributed by atoms with Crippen molar-refractivity contribution in [3.63, 3.8) is 0 Å². The van der Waals surface area contributed by atoms with Gasteiger partial charge in [-0.3, -0.25) is 0 Å². The van der Waals surface area contributed by atoms with Gasteiger partial charge in [-0.1, -0.05) is 13.0 Å². The van der Waals surface area contributed by atoms with E-state index in [4.69, 9.17) is 0 Å². The van der Waals surface area contributed by atoms with Crippen LogP contribution >= 0.6 is 11.8 Å². The Labute approximate surface area is 113 Å². The second-order valence-electron chi connectivity index (χ2n) is 4.17. The fraction of sp³-hybridized carbons (Fsp3) is 0.357. The Hall–Kier alpha value is -1.26. The number of benzene rings is 1. The lowest BCUT2D eigenvalue weighted by molar-refractivity contribution is 0.723. The molecule has 1 aromatic heterocycles. The summed E-state index contributed by atoms with van der Waals surface area (Å²) in [6.45, 7) is 6.03. The fourth-order valence-electron chi connectivity index (χ4n) is 1.81. The van der Waals surface area contributed by atoms with E-state index in [1.165, 1.54) is 10.5 Å². The molecule has 2 aromatic rings. The number of nitrogens with one attached hydrogen (secondary N) is 1. The normalized spacial score (nSPS) is 10.8. The molecule has 18 heavy (non-hydrogen) atoms. The molecule has 0 spiro atoms. The third kappa shape index (κ3) is 2.94. The Morgan fingerprint density at radius 3 is 2.94 bits per heavy atom. The Kier molecular flexibility index (Phi) is 4.44. The van der Waals surface area contributed by atoms with E-state index in [1.54, 1.807) is 11.8 Å². The summed E-state index contributed by atoms with van der Waals surface area (Å²) in [4.78, 5) is 1.26. The van der Waals surface area contributed by atoms with Crippen molar-refractivity contribution >= 4 is 11.8 Å². The van der Waals surface area contributed by atoms with E-state index in [0.29, 0.717) is 0 Å². The molecule has 4 heteroatoms. The molecule has 0 radical (unpaired) electrons. The van der Waals surface area contributed by atoms with Crippen LogP contribution in [0, 0.1) is 6.92 Å². The van der Waals surface area contributed by atoms with Gasteiger partial charge in [-0.25, -0.2) is 4.68 Å². The van der Waals surface area contributed by atoms with Crippen molar-refractivity contribution in [1.82, 2.24) is 15.1 Å². The summed E-state index contributed by atoms with van der Waals surface area (Å²) in [6.07, 6.45) is 4.20. The molecule has 1 heterocycles. The van der Waals surface area contributed by atoms with Crippen molar-refractivity contribution in [2.75, 3.05) is 12.8 Å². The molecule has 0 aliphatic heterocycles. The Balaban J connectivity index is 2.27. The van der Waals surface area contributed by atoms with Crippen LogP contribution in [0.4, 0.5) is 0 Å². The molecule has 2 rings (SSSR count). The molecular formula is C14H19N3S.